The predicted octanol–water partition coefficient (Wildman–Crippen LogP) is 2.37. The first-order valence-electron chi connectivity index (χ1n) is 5.56. The van der Waals surface area contributed by atoms with E-state index in [-0.39, 0.29) is 0 Å². The van der Waals surface area contributed by atoms with Gasteiger partial charge in [-0.3, -0.25) is 0 Å². The average molecular weight is 207 g/mol. The molecule has 0 bridgehead atoms. The van der Waals surface area contributed by atoms with E-state index in [0.717, 1.165) is 13.0 Å². The molecule has 0 radical (unpaired) electrons. The molecule has 0 aliphatic carbocycles. The molecule has 1 rings (SSSR count). The molecule has 0 amide bonds. The Balaban J connectivity index is 2.41. The maximum atomic E-state index is 5.54. The Labute approximate surface area is 92.6 Å². The van der Waals surface area contributed by atoms with Crippen LogP contribution < -0.4 is 5.32 Å². The quantitative estimate of drug-likeness (QED) is 0.773. The minimum Gasteiger partial charge on any atom is -0.374 e. The summed E-state index contributed by atoms with van der Waals surface area (Å²) in [6.07, 6.45) is 1.39. The van der Waals surface area contributed by atoms with Crippen LogP contribution in [0.25, 0.3) is 0 Å². The lowest BCUT2D eigenvalue weighted by atomic mass is 10.1. The highest BCUT2D eigenvalue weighted by Gasteiger charge is 1.97. The normalized spacial score (nSPS) is 10.9. The van der Waals surface area contributed by atoms with Gasteiger partial charge in [0.15, 0.2) is 0 Å². The highest BCUT2D eigenvalue weighted by atomic mass is 16.5. The van der Waals surface area contributed by atoms with Gasteiger partial charge in [0.2, 0.25) is 0 Å². The Morgan fingerprint density at radius 2 is 1.73 bits per heavy atom. The number of hydrogen-bond donors (Lipinski definition) is 1. The average Bonchev–Trinajstić information content (AvgIpc) is 2.25. The lowest BCUT2D eigenvalue weighted by molar-refractivity contribution is 0.0657. The fourth-order valence-electron chi connectivity index (χ4n) is 1.33. The number of likely N-dealkylation sites (N-methyl/N-ethyl adjacent to an activating group) is 1. The molecule has 2 heteroatoms. The summed E-state index contributed by atoms with van der Waals surface area (Å²) in [6, 6.07) is 8.65. The van der Waals surface area contributed by atoms with Gasteiger partial charge in [0.25, 0.3) is 0 Å². The number of rotatable bonds is 6. The summed E-state index contributed by atoms with van der Waals surface area (Å²) < 4.78 is 5.54. The Morgan fingerprint density at radius 1 is 1.13 bits per heavy atom. The summed E-state index contributed by atoms with van der Waals surface area (Å²) in [5.41, 5.74) is 2.62. The van der Waals surface area contributed by atoms with Gasteiger partial charge in [-0.25, -0.2) is 0 Å². The number of benzene rings is 1. The lowest BCUT2D eigenvalue weighted by Gasteiger charge is -2.08. The van der Waals surface area contributed by atoms with E-state index in [1.807, 2.05) is 7.05 Å². The van der Waals surface area contributed by atoms with Crippen LogP contribution in [-0.2, 0) is 17.8 Å². The Bertz CT molecular complexity index is 266. The van der Waals surface area contributed by atoms with Gasteiger partial charge in [-0.05, 0) is 45.0 Å². The minimum absolute atomic E-state index is 0.300. The number of ether oxygens (including phenoxy) is 1. The van der Waals surface area contributed by atoms with E-state index in [4.69, 9.17) is 4.74 Å². The van der Waals surface area contributed by atoms with E-state index >= 15 is 0 Å². The molecule has 0 spiro atoms. The second-order valence-electron chi connectivity index (χ2n) is 4.03. The molecule has 1 N–H and O–H groups in total. The van der Waals surface area contributed by atoms with Crippen molar-refractivity contribution in [3.8, 4) is 0 Å². The zero-order valence-electron chi connectivity index (χ0n) is 9.92. The Morgan fingerprint density at radius 3 is 2.27 bits per heavy atom. The Kier molecular flexibility index (Phi) is 5.37. The van der Waals surface area contributed by atoms with Crippen LogP contribution in [0.15, 0.2) is 24.3 Å². The number of hydrogen-bond acceptors (Lipinski definition) is 2. The molecule has 0 saturated heterocycles. The summed E-state index contributed by atoms with van der Waals surface area (Å²) in [4.78, 5) is 0. The van der Waals surface area contributed by atoms with E-state index in [1.54, 1.807) is 0 Å². The van der Waals surface area contributed by atoms with Crippen LogP contribution in [-0.4, -0.2) is 19.7 Å². The van der Waals surface area contributed by atoms with Gasteiger partial charge >= 0.3 is 0 Å². The third-order valence-electron chi connectivity index (χ3n) is 2.27. The first kappa shape index (κ1) is 12.2. The van der Waals surface area contributed by atoms with Crippen molar-refractivity contribution in [1.82, 2.24) is 5.32 Å². The molecule has 0 unspecified atom stereocenters. The van der Waals surface area contributed by atoms with Gasteiger partial charge < -0.3 is 10.1 Å². The van der Waals surface area contributed by atoms with Crippen molar-refractivity contribution in [3.63, 3.8) is 0 Å². The molecule has 0 aromatic heterocycles. The third kappa shape index (κ3) is 4.96. The van der Waals surface area contributed by atoms with Crippen molar-refractivity contribution >= 4 is 0 Å². The van der Waals surface area contributed by atoms with Crippen LogP contribution in [0.2, 0.25) is 0 Å². The molecule has 0 saturated carbocycles. The van der Waals surface area contributed by atoms with E-state index in [0.29, 0.717) is 12.7 Å². The standard InChI is InChI=1S/C13H21NO/c1-11(2)15-10-13-6-4-12(5-7-13)8-9-14-3/h4-7,11,14H,8-10H2,1-3H3. The second-order valence-corrected chi connectivity index (χ2v) is 4.03. The molecule has 0 fully saturated rings. The molecule has 0 aliphatic rings. The summed E-state index contributed by atoms with van der Waals surface area (Å²) in [5, 5.41) is 3.15. The molecule has 1 aromatic rings. The number of nitrogens with one attached hydrogen (secondary N) is 1. The van der Waals surface area contributed by atoms with Gasteiger partial charge in [0, 0.05) is 0 Å². The summed E-state index contributed by atoms with van der Waals surface area (Å²) >= 11 is 0. The van der Waals surface area contributed by atoms with Crippen LogP contribution in [0, 0.1) is 0 Å². The molecule has 15 heavy (non-hydrogen) atoms. The topological polar surface area (TPSA) is 21.3 Å². The van der Waals surface area contributed by atoms with Crippen molar-refractivity contribution in [3.05, 3.63) is 35.4 Å². The smallest absolute Gasteiger partial charge is 0.0720 e. The van der Waals surface area contributed by atoms with Crippen molar-refractivity contribution < 1.29 is 4.74 Å². The maximum absolute atomic E-state index is 5.54. The monoisotopic (exact) mass is 207 g/mol. The zero-order chi connectivity index (χ0) is 11.1. The van der Waals surface area contributed by atoms with Gasteiger partial charge in [0.1, 0.15) is 0 Å². The van der Waals surface area contributed by atoms with Crippen LogP contribution >= 0.6 is 0 Å². The van der Waals surface area contributed by atoms with Gasteiger partial charge in [0.05, 0.1) is 12.7 Å². The second kappa shape index (κ2) is 6.59. The van der Waals surface area contributed by atoms with Crippen molar-refractivity contribution in [1.29, 1.82) is 0 Å². The van der Waals surface area contributed by atoms with Crippen molar-refractivity contribution in [2.75, 3.05) is 13.6 Å². The molecule has 84 valence electrons. The molecule has 1 aromatic carbocycles. The molecule has 0 atom stereocenters. The molecule has 2 nitrogen and oxygen atoms in total. The van der Waals surface area contributed by atoms with Gasteiger partial charge in [-0.15, -0.1) is 0 Å². The summed E-state index contributed by atoms with van der Waals surface area (Å²) in [5.74, 6) is 0. The maximum Gasteiger partial charge on any atom is 0.0720 e. The van der Waals surface area contributed by atoms with E-state index < -0.39 is 0 Å². The molecule has 0 heterocycles. The van der Waals surface area contributed by atoms with Gasteiger partial charge in [-0.1, -0.05) is 24.3 Å². The van der Waals surface area contributed by atoms with E-state index in [1.165, 1.54) is 11.1 Å². The van der Waals surface area contributed by atoms with Crippen LogP contribution in [0.5, 0.6) is 0 Å². The van der Waals surface area contributed by atoms with E-state index in [9.17, 15) is 0 Å². The fraction of sp³-hybridized carbons (Fsp3) is 0.538. The minimum atomic E-state index is 0.300. The summed E-state index contributed by atoms with van der Waals surface area (Å²) in [6.45, 7) is 5.86. The van der Waals surface area contributed by atoms with E-state index in [2.05, 4.69) is 43.4 Å². The fourth-order valence-corrected chi connectivity index (χ4v) is 1.33. The van der Waals surface area contributed by atoms with Crippen LogP contribution in [0.1, 0.15) is 25.0 Å². The van der Waals surface area contributed by atoms with Crippen molar-refractivity contribution in [2.24, 2.45) is 0 Å². The van der Waals surface area contributed by atoms with Gasteiger partial charge in [-0.2, -0.15) is 0 Å². The Hall–Kier alpha value is -0.860. The van der Waals surface area contributed by atoms with Crippen molar-refractivity contribution in [2.45, 2.75) is 33.0 Å². The van der Waals surface area contributed by atoms with Crippen LogP contribution in [0.3, 0.4) is 0 Å². The first-order chi connectivity index (χ1) is 7.22. The first-order valence-corrected chi connectivity index (χ1v) is 5.56. The van der Waals surface area contributed by atoms with Crippen LogP contribution in [0.4, 0.5) is 0 Å². The SMILES string of the molecule is CNCCc1ccc(COC(C)C)cc1. The molecule has 0 aliphatic heterocycles. The zero-order valence-corrected chi connectivity index (χ0v) is 9.92. The largest absolute Gasteiger partial charge is 0.374 e. The summed E-state index contributed by atoms with van der Waals surface area (Å²) in [7, 11) is 1.98. The lowest BCUT2D eigenvalue weighted by Crippen LogP contribution is -2.10. The highest BCUT2D eigenvalue weighted by Crippen LogP contribution is 2.07. The molecular weight excluding hydrogens is 186 g/mol. The highest BCUT2D eigenvalue weighted by molar-refractivity contribution is 5.22. The molecular formula is C13H21NO. The third-order valence-corrected chi connectivity index (χ3v) is 2.27. The predicted molar refractivity (Wildman–Crippen MR) is 64.0 cm³/mol.